The van der Waals surface area contributed by atoms with E-state index in [1.807, 2.05) is 0 Å². The summed E-state index contributed by atoms with van der Waals surface area (Å²) in [7, 11) is 0. The zero-order valence-corrected chi connectivity index (χ0v) is 20.2. The van der Waals surface area contributed by atoms with Gasteiger partial charge >= 0.3 is 5.97 Å². The van der Waals surface area contributed by atoms with Gasteiger partial charge in [0.25, 0.3) is 0 Å². The summed E-state index contributed by atoms with van der Waals surface area (Å²) in [5.41, 5.74) is 14.2. The molecule has 3 atom stereocenters. The van der Waals surface area contributed by atoms with Crippen LogP contribution in [0.2, 0.25) is 0 Å². The molecule has 3 heterocycles. The standard InChI is InChI=1S/C26H26N6O6/c27-18-7-5-14(6-8-19(33)16-3-1-2-4-17(16)26(35)36)9-21(18)37-11-15-10-20(34)25(38-15)32-13-31-22-23(28)29-12-30-24(22)32/h1-5,7,9,12-13,15,20,25,34H,6,8,10-11,27H2,(H,35,36)(H2,28,29,30)/t15-,20+,25+/m0/s1. The van der Waals surface area contributed by atoms with Crippen molar-refractivity contribution in [2.45, 2.75) is 37.7 Å². The predicted molar refractivity (Wildman–Crippen MR) is 137 cm³/mol. The van der Waals surface area contributed by atoms with Crippen LogP contribution >= 0.6 is 0 Å². The predicted octanol–water partition coefficient (Wildman–Crippen LogP) is 2.23. The van der Waals surface area contributed by atoms with Gasteiger partial charge < -0.3 is 31.2 Å². The van der Waals surface area contributed by atoms with Crippen LogP contribution in [0.25, 0.3) is 11.2 Å². The zero-order valence-electron chi connectivity index (χ0n) is 20.2. The molecule has 1 aliphatic heterocycles. The summed E-state index contributed by atoms with van der Waals surface area (Å²) in [6, 6.07) is 11.4. The topological polar surface area (TPSA) is 189 Å². The molecule has 6 N–H and O–H groups in total. The number of ketones is 1. The number of carbonyl (C=O) groups excluding carboxylic acids is 1. The molecule has 0 aliphatic carbocycles. The summed E-state index contributed by atoms with van der Waals surface area (Å²) < 4.78 is 13.6. The smallest absolute Gasteiger partial charge is 0.336 e. The second kappa shape index (κ2) is 10.4. The number of carbonyl (C=O) groups is 2. The highest BCUT2D eigenvalue weighted by Gasteiger charge is 2.36. The molecule has 2 aromatic heterocycles. The first-order valence-corrected chi connectivity index (χ1v) is 11.9. The molecule has 0 bridgehead atoms. The van der Waals surface area contributed by atoms with Crippen molar-refractivity contribution in [3.8, 4) is 5.75 Å². The lowest BCUT2D eigenvalue weighted by atomic mass is 9.98. The minimum absolute atomic E-state index is 0.0181. The van der Waals surface area contributed by atoms with Gasteiger partial charge in [0.15, 0.2) is 23.5 Å². The molecular formula is C26H26N6O6. The summed E-state index contributed by atoms with van der Waals surface area (Å²) in [5, 5.41) is 20.0. The number of benzene rings is 2. The number of Topliss-reactive ketones (excluding diaryl/α,β-unsaturated/α-hetero) is 1. The molecule has 5 rings (SSSR count). The lowest BCUT2D eigenvalue weighted by Crippen LogP contribution is -2.20. The summed E-state index contributed by atoms with van der Waals surface area (Å²) in [6.45, 7) is 0.135. The van der Waals surface area contributed by atoms with Crippen molar-refractivity contribution in [3.05, 3.63) is 71.8 Å². The van der Waals surface area contributed by atoms with E-state index in [0.29, 0.717) is 35.4 Å². The van der Waals surface area contributed by atoms with Gasteiger partial charge in [0.1, 0.15) is 30.3 Å². The van der Waals surface area contributed by atoms with E-state index in [1.165, 1.54) is 24.8 Å². The number of nitrogen functional groups attached to an aromatic ring is 2. The van der Waals surface area contributed by atoms with Crippen molar-refractivity contribution in [3.63, 3.8) is 0 Å². The molecule has 0 unspecified atom stereocenters. The Morgan fingerprint density at radius 2 is 1.89 bits per heavy atom. The molecule has 12 heteroatoms. The highest BCUT2D eigenvalue weighted by atomic mass is 16.6. The fourth-order valence-electron chi connectivity index (χ4n) is 4.49. The average molecular weight is 519 g/mol. The van der Waals surface area contributed by atoms with E-state index in [9.17, 15) is 19.8 Å². The number of aryl methyl sites for hydroxylation is 1. The highest BCUT2D eigenvalue weighted by Crippen LogP contribution is 2.32. The van der Waals surface area contributed by atoms with Crippen LogP contribution < -0.4 is 16.2 Å². The van der Waals surface area contributed by atoms with Crippen LogP contribution in [-0.4, -0.2) is 60.3 Å². The Morgan fingerprint density at radius 3 is 2.68 bits per heavy atom. The van der Waals surface area contributed by atoms with Gasteiger partial charge in [-0.15, -0.1) is 0 Å². The van der Waals surface area contributed by atoms with Gasteiger partial charge in [-0.2, -0.15) is 0 Å². The van der Waals surface area contributed by atoms with Crippen molar-refractivity contribution in [2.75, 3.05) is 18.1 Å². The van der Waals surface area contributed by atoms with E-state index < -0.39 is 24.4 Å². The number of anilines is 2. The van der Waals surface area contributed by atoms with Crippen molar-refractivity contribution in [1.29, 1.82) is 0 Å². The zero-order chi connectivity index (χ0) is 26.8. The Kier molecular flexibility index (Phi) is 6.90. The maximum Gasteiger partial charge on any atom is 0.336 e. The number of carboxylic acid groups (broad SMARTS) is 1. The Hall–Kier alpha value is -4.55. The molecule has 1 fully saturated rings. The van der Waals surface area contributed by atoms with E-state index >= 15 is 0 Å². The molecule has 196 valence electrons. The van der Waals surface area contributed by atoms with Gasteiger partial charge in [0, 0.05) is 18.4 Å². The molecular weight excluding hydrogens is 492 g/mol. The van der Waals surface area contributed by atoms with Gasteiger partial charge in [-0.25, -0.2) is 19.7 Å². The minimum atomic E-state index is -1.14. The van der Waals surface area contributed by atoms with Gasteiger partial charge in [-0.05, 0) is 30.2 Å². The van der Waals surface area contributed by atoms with Crippen molar-refractivity contribution < 1.29 is 29.3 Å². The highest BCUT2D eigenvalue weighted by molar-refractivity contribution is 6.05. The van der Waals surface area contributed by atoms with Crippen LogP contribution in [0.5, 0.6) is 5.75 Å². The fraction of sp³-hybridized carbons (Fsp3) is 0.269. The first-order valence-electron chi connectivity index (χ1n) is 11.9. The SMILES string of the molecule is Nc1ccc(CCC(=O)c2ccccc2C(=O)O)cc1OC[C@@H]1C[C@@H](O)[C@H](n2cnc3c(N)ncnc32)O1. The van der Waals surface area contributed by atoms with Crippen LogP contribution in [0, 0.1) is 0 Å². The number of hydrogen-bond acceptors (Lipinski definition) is 10. The summed E-state index contributed by atoms with van der Waals surface area (Å²) in [4.78, 5) is 36.4. The summed E-state index contributed by atoms with van der Waals surface area (Å²) in [6.07, 6.45) is 1.69. The maximum absolute atomic E-state index is 12.7. The van der Waals surface area contributed by atoms with Gasteiger partial charge in [-0.1, -0.05) is 24.3 Å². The molecule has 1 saturated heterocycles. The van der Waals surface area contributed by atoms with E-state index in [4.69, 9.17) is 20.9 Å². The Morgan fingerprint density at radius 1 is 1.11 bits per heavy atom. The fourth-order valence-corrected chi connectivity index (χ4v) is 4.49. The largest absolute Gasteiger partial charge is 0.489 e. The summed E-state index contributed by atoms with van der Waals surface area (Å²) in [5.74, 6) is -0.738. The number of aromatic carboxylic acids is 1. The Bertz CT molecular complexity index is 1500. The van der Waals surface area contributed by atoms with Gasteiger partial charge in [-0.3, -0.25) is 9.36 Å². The number of aliphatic hydroxyl groups is 1. The number of ether oxygens (including phenoxy) is 2. The monoisotopic (exact) mass is 518 g/mol. The van der Waals surface area contributed by atoms with E-state index in [2.05, 4.69) is 15.0 Å². The summed E-state index contributed by atoms with van der Waals surface area (Å²) >= 11 is 0. The lowest BCUT2D eigenvalue weighted by molar-refractivity contribution is -0.0457. The number of aromatic nitrogens is 4. The molecule has 0 amide bonds. The number of nitrogens with two attached hydrogens (primary N) is 2. The molecule has 1 aliphatic rings. The van der Waals surface area contributed by atoms with Crippen LogP contribution in [-0.2, 0) is 11.2 Å². The second-order valence-corrected chi connectivity index (χ2v) is 8.99. The number of fused-ring (bicyclic) bond motifs is 1. The number of hydrogen-bond donors (Lipinski definition) is 4. The molecule has 4 aromatic rings. The number of rotatable bonds is 9. The van der Waals surface area contributed by atoms with Gasteiger partial charge in [0.05, 0.1) is 23.7 Å². The Balaban J connectivity index is 1.21. The first-order chi connectivity index (χ1) is 18.3. The third-order valence-corrected chi connectivity index (χ3v) is 6.43. The normalized spacial score (nSPS) is 19.0. The maximum atomic E-state index is 12.7. The quantitative estimate of drug-likeness (QED) is 0.188. The van der Waals surface area contributed by atoms with Crippen molar-refractivity contribution in [2.24, 2.45) is 0 Å². The Labute approximate surface area is 216 Å². The van der Waals surface area contributed by atoms with Crippen molar-refractivity contribution in [1.82, 2.24) is 19.5 Å². The number of imidazole rings is 1. The van der Waals surface area contributed by atoms with E-state index in [1.54, 1.807) is 34.9 Å². The molecule has 2 aromatic carbocycles. The van der Waals surface area contributed by atoms with Crippen LogP contribution in [0.15, 0.2) is 55.1 Å². The molecule has 0 radical (unpaired) electrons. The lowest BCUT2D eigenvalue weighted by Gasteiger charge is -2.17. The molecule has 0 spiro atoms. The average Bonchev–Trinajstić information content (AvgIpc) is 3.50. The first kappa shape index (κ1) is 25.1. The third kappa shape index (κ3) is 4.99. The molecule has 12 nitrogen and oxygen atoms in total. The molecule has 0 saturated carbocycles. The molecule has 38 heavy (non-hydrogen) atoms. The third-order valence-electron chi connectivity index (χ3n) is 6.43. The number of carboxylic acids is 1. The van der Waals surface area contributed by atoms with Crippen LogP contribution in [0.4, 0.5) is 11.5 Å². The van der Waals surface area contributed by atoms with E-state index in [-0.39, 0.29) is 35.8 Å². The minimum Gasteiger partial charge on any atom is -0.489 e. The van der Waals surface area contributed by atoms with Crippen LogP contribution in [0.1, 0.15) is 45.3 Å². The second-order valence-electron chi connectivity index (χ2n) is 8.99. The van der Waals surface area contributed by atoms with E-state index in [0.717, 1.165) is 5.56 Å². The van der Waals surface area contributed by atoms with Crippen molar-refractivity contribution >= 4 is 34.4 Å². The van der Waals surface area contributed by atoms with Crippen LogP contribution in [0.3, 0.4) is 0 Å². The number of nitrogens with zero attached hydrogens (tertiary/aromatic N) is 4. The number of aliphatic hydroxyl groups excluding tert-OH is 1. The van der Waals surface area contributed by atoms with Gasteiger partial charge in [0.2, 0.25) is 0 Å².